The van der Waals surface area contributed by atoms with Crippen LogP contribution in [0.25, 0.3) is 0 Å². The molecule has 0 aliphatic carbocycles. The van der Waals surface area contributed by atoms with Gasteiger partial charge in [-0.2, -0.15) is 0 Å². The lowest BCUT2D eigenvalue weighted by Crippen LogP contribution is -2.52. The third-order valence-corrected chi connectivity index (χ3v) is 8.77. The third kappa shape index (κ3) is 9.75. The van der Waals surface area contributed by atoms with Crippen LogP contribution in [-0.4, -0.2) is 50.0 Å². The van der Waals surface area contributed by atoms with Crippen molar-refractivity contribution in [3.63, 3.8) is 0 Å². The van der Waals surface area contributed by atoms with Crippen molar-refractivity contribution in [1.82, 2.24) is 10.2 Å². The molecule has 7 nitrogen and oxygen atoms in total. The first kappa shape index (κ1) is 33.4. The van der Waals surface area contributed by atoms with Crippen molar-refractivity contribution in [1.29, 1.82) is 0 Å². The van der Waals surface area contributed by atoms with Crippen molar-refractivity contribution >= 4 is 50.7 Å². The molecule has 0 saturated heterocycles. The smallest absolute Gasteiger partial charge is 0.243 e. The summed E-state index contributed by atoms with van der Waals surface area (Å²) in [7, 11) is -3.71. The van der Waals surface area contributed by atoms with Crippen LogP contribution < -0.4 is 9.62 Å². The standard InChI is InChI=1S/C32H39Cl2N3O4S/c1-5-24(3)35-32(39)30(20-25-12-7-6-8-13-25)36(22-26-14-9-11-23(2)19-26)31(38)15-10-18-37(42(4,40)41)29-21-27(33)16-17-28(29)34/h6-9,11-14,16-17,19,21,24,30H,5,10,15,18,20,22H2,1-4H3,(H,35,39)/t24-,30-/m1/s1. The van der Waals surface area contributed by atoms with Gasteiger partial charge in [0.15, 0.2) is 0 Å². The molecule has 3 rings (SSSR count). The first-order valence-electron chi connectivity index (χ1n) is 14.0. The zero-order valence-corrected chi connectivity index (χ0v) is 26.8. The predicted molar refractivity (Wildman–Crippen MR) is 171 cm³/mol. The number of benzene rings is 3. The summed E-state index contributed by atoms with van der Waals surface area (Å²) in [5.74, 6) is -0.472. The molecule has 2 atom stereocenters. The van der Waals surface area contributed by atoms with Crippen LogP contribution in [-0.2, 0) is 32.6 Å². The Hall–Kier alpha value is -3.07. The van der Waals surface area contributed by atoms with Gasteiger partial charge in [0, 0.05) is 37.0 Å². The number of nitrogens with one attached hydrogen (secondary N) is 1. The second-order valence-corrected chi connectivity index (χ2v) is 13.3. The summed E-state index contributed by atoms with van der Waals surface area (Å²) in [6, 6.07) is 21.2. The number of nitrogens with zero attached hydrogens (tertiary/aromatic N) is 2. The van der Waals surface area contributed by atoms with Crippen molar-refractivity contribution < 1.29 is 18.0 Å². The summed E-state index contributed by atoms with van der Waals surface area (Å²) >= 11 is 12.4. The van der Waals surface area contributed by atoms with E-state index in [9.17, 15) is 18.0 Å². The fourth-order valence-corrected chi connectivity index (χ4v) is 6.07. The van der Waals surface area contributed by atoms with E-state index in [2.05, 4.69) is 5.32 Å². The molecule has 0 aromatic heterocycles. The summed E-state index contributed by atoms with van der Waals surface area (Å²) in [6.45, 7) is 6.16. The van der Waals surface area contributed by atoms with Crippen molar-refractivity contribution in [2.75, 3.05) is 17.1 Å². The summed E-state index contributed by atoms with van der Waals surface area (Å²) in [6.07, 6.45) is 2.42. The molecule has 0 fully saturated rings. The minimum absolute atomic E-state index is 0.0192. The van der Waals surface area contributed by atoms with Crippen LogP contribution in [0.5, 0.6) is 0 Å². The number of halogens is 2. The number of rotatable bonds is 14. The van der Waals surface area contributed by atoms with E-state index < -0.39 is 16.1 Å². The van der Waals surface area contributed by atoms with Gasteiger partial charge in [-0.3, -0.25) is 13.9 Å². The monoisotopic (exact) mass is 631 g/mol. The highest BCUT2D eigenvalue weighted by molar-refractivity contribution is 7.92. The molecule has 3 aromatic rings. The molecule has 0 heterocycles. The van der Waals surface area contributed by atoms with Gasteiger partial charge >= 0.3 is 0 Å². The Kier molecular flexibility index (Phi) is 12.3. The van der Waals surface area contributed by atoms with Gasteiger partial charge < -0.3 is 10.2 Å². The lowest BCUT2D eigenvalue weighted by molar-refractivity contribution is -0.141. The molecule has 0 radical (unpaired) electrons. The number of aryl methyl sites for hydroxylation is 1. The average Bonchev–Trinajstić information content (AvgIpc) is 2.94. The maximum Gasteiger partial charge on any atom is 0.243 e. The van der Waals surface area contributed by atoms with Crippen molar-refractivity contribution in [3.05, 3.63) is 99.5 Å². The van der Waals surface area contributed by atoms with Gasteiger partial charge in [-0.1, -0.05) is 90.3 Å². The molecule has 0 saturated carbocycles. The van der Waals surface area contributed by atoms with Gasteiger partial charge in [0.2, 0.25) is 21.8 Å². The van der Waals surface area contributed by atoms with Crippen LogP contribution in [0.15, 0.2) is 72.8 Å². The van der Waals surface area contributed by atoms with E-state index in [-0.39, 0.29) is 54.5 Å². The number of hydrogen-bond donors (Lipinski definition) is 1. The molecule has 10 heteroatoms. The van der Waals surface area contributed by atoms with Crippen molar-refractivity contribution in [2.45, 2.75) is 65.1 Å². The van der Waals surface area contributed by atoms with Gasteiger partial charge in [0.25, 0.3) is 0 Å². The van der Waals surface area contributed by atoms with E-state index in [4.69, 9.17) is 23.2 Å². The Labute approximate surface area is 259 Å². The van der Waals surface area contributed by atoms with Crippen LogP contribution in [0.4, 0.5) is 5.69 Å². The van der Waals surface area contributed by atoms with Crippen LogP contribution >= 0.6 is 23.2 Å². The molecule has 226 valence electrons. The van der Waals surface area contributed by atoms with Gasteiger partial charge in [0.1, 0.15) is 6.04 Å². The second kappa shape index (κ2) is 15.4. The molecule has 42 heavy (non-hydrogen) atoms. The Bertz CT molecular complexity index is 1470. The number of sulfonamides is 1. The van der Waals surface area contributed by atoms with Crippen LogP contribution in [0.3, 0.4) is 0 Å². The Morgan fingerprint density at radius 1 is 0.952 bits per heavy atom. The van der Waals surface area contributed by atoms with E-state index in [1.165, 1.54) is 12.1 Å². The molecule has 0 bridgehead atoms. The predicted octanol–water partition coefficient (Wildman–Crippen LogP) is 6.40. The minimum Gasteiger partial charge on any atom is -0.352 e. The first-order valence-corrected chi connectivity index (χ1v) is 16.6. The number of anilines is 1. The van der Waals surface area contributed by atoms with Crippen LogP contribution in [0, 0.1) is 6.92 Å². The highest BCUT2D eigenvalue weighted by atomic mass is 35.5. The molecule has 3 aromatic carbocycles. The average molecular weight is 633 g/mol. The van der Waals surface area contributed by atoms with E-state index >= 15 is 0 Å². The summed E-state index contributed by atoms with van der Waals surface area (Å²) in [4.78, 5) is 29.2. The molecular formula is C32H39Cl2N3O4S. The summed E-state index contributed by atoms with van der Waals surface area (Å²) in [5, 5.41) is 3.65. The van der Waals surface area contributed by atoms with E-state index in [1.807, 2.05) is 75.4 Å². The van der Waals surface area contributed by atoms with E-state index in [0.29, 0.717) is 11.4 Å². The van der Waals surface area contributed by atoms with Crippen molar-refractivity contribution in [3.8, 4) is 0 Å². The number of amides is 2. The van der Waals surface area contributed by atoms with Crippen LogP contribution in [0.1, 0.15) is 49.8 Å². The molecule has 0 unspecified atom stereocenters. The Balaban J connectivity index is 1.91. The maximum atomic E-state index is 13.9. The van der Waals surface area contributed by atoms with Gasteiger partial charge in [0.05, 0.1) is 17.0 Å². The second-order valence-electron chi connectivity index (χ2n) is 10.6. The zero-order valence-electron chi connectivity index (χ0n) is 24.5. The number of carbonyl (C=O) groups excluding carboxylic acids is 2. The molecule has 0 aliphatic heterocycles. The number of hydrogen-bond acceptors (Lipinski definition) is 4. The lowest BCUT2D eigenvalue weighted by atomic mass is 10.0. The van der Waals surface area contributed by atoms with Crippen molar-refractivity contribution in [2.24, 2.45) is 0 Å². The maximum absolute atomic E-state index is 13.9. The van der Waals surface area contributed by atoms with Gasteiger partial charge in [-0.15, -0.1) is 0 Å². The highest BCUT2D eigenvalue weighted by Gasteiger charge is 2.31. The SMILES string of the molecule is CC[C@@H](C)NC(=O)[C@@H](Cc1ccccc1)N(Cc1cccc(C)c1)C(=O)CCCN(c1cc(Cl)ccc1Cl)S(C)(=O)=O. The van der Waals surface area contributed by atoms with E-state index in [0.717, 1.165) is 33.7 Å². The van der Waals surface area contributed by atoms with Crippen LogP contribution in [0.2, 0.25) is 10.0 Å². The minimum atomic E-state index is -3.71. The molecule has 2 amide bonds. The zero-order chi connectivity index (χ0) is 30.9. The molecule has 0 spiro atoms. The third-order valence-electron chi connectivity index (χ3n) is 7.04. The molecule has 1 N–H and O–H groups in total. The summed E-state index contributed by atoms with van der Waals surface area (Å²) < 4.78 is 26.5. The molecule has 0 aliphatic rings. The fraction of sp³-hybridized carbons (Fsp3) is 0.375. The van der Waals surface area contributed by atoms with Gasteiger partial charge in [-0.25, -0.2) is 8.42 Å². The lowest BCUT2D eigenvalue weighted by Gasteiger charge is -2.33. The Morgan fingerprint density at radius 3 is 2.29 bits per heavy atom. The fourth-order valence-electron chi connectivity index (χ4n) is 4.66. The van der Waals surface area contributed by atoms with E-state index in [1.54, 1.807) is 11.0 Å². The highest BCUT2D eigenvalue weighted by Crippen LogP contribution is 2.31. The summed E-state index contributed by atoms with van der Waals surface area (Å²) in [5.41, 5.74) is 3.14. The first-order chi connectivity index (χ1) is 19.9. The molecular weight excluding hydrogens is 593 g/mol. The van der Waals surface area contributed by atoms with Gasteiger partial charge in [-0.05, 0) is 56.0 Å². The Morgan fingerprint density at radius 2 is 1.64 bits per heavy atom. The topological polar surface area (TPSA) is 86.8 Å². The normalized spacial score (nSPS) is 12.8. The largest absolute Gasteiger partial charge is 0.352 e. The quantitative estimate of drug-likeness (QED) is 0.223. The number of carbonyl (C=O) groups is 2.